The fourth-order valence-corrected chi connectivity index (χ4v) is 2.85. The molecule has 0 aliphatic heterocycles. The Kier molecular flexibility index (Phi) is 15.4. The van der Waals surface area contributed by atoms with E-state index in [-0.39, 0.29) is 0 Å². The summed E-state index contributed by atoms with van der Waals surface area (Å²) >= 11 is 0. The molecule has 0 fully saturated rings. The Morgan fingerprint density at radius 2 is 0.800 bits per heavy atom. The molecule has 0 amide bonds. The third-order valence-corrected chi connectivity index (χ3v) is 4.52. The van der Waals surface area contributed by atoms with Gasteiger partial charge in [0, 0.05) is 0 Å². The van der Waals surface area contributed by atoms with Gasteiger partial charge in [-0.15, -0.1) is 0 Å². The van der Waals surface area contributed by atoms with Crippen molar-refractivity contribution in [1.29, 1.82) is 0 Å². The first-order chi connectivity index (χ1) is 9.72. The third-order valence-electron chi connectivity index (χ3n) is 4.52. The first-order valence-corrected chi connectivity index (χ1v) is 9.38. The fourth-order valence-electron chi connectivity index (χ4n) is 2.85. The highest BCUT2D eigenvalue weighted by Gasteiger charge is 2.11. The minimum atomic E-state index is 0.580. The average molecular weight is 281 g/mol. The molecule has 0 aromatic heterocycles. The van der Waals surface area contributed by atoms with Crippen LogP contribution in [0, 0.1) is 25.7 Å². The second-order valence-electron chi connectivity index (χ2n) is 6.63. The van der Waals surface area contributed by atoms with Crippen molar-refractivity contribution in [3.8, 4) is 0 Å². The molecule has 120 valence electrons. The summed E-state index contributed by atoms with van der Waals surface area (Å²) in [4.78, 5) is 0. The van der Waals surface area contributed by atoms with Crippen LogP contribution in [0.4, 0.5) is 0 Å². The van der Waals surface area contributed by atoms with Crippen LogP contribution in [0.2, 0.25) is 0 Å². The smallest absolute Gasteiger partial charge is 0.0386 e. The lowest BCUT2D eigenvalue weighted by atomic mass is 9.86. The van der Waals surface area contributed by atoms with Crippen LogP contribution in [0.3, 0.4) is 0 Å². The van der Waals surface area contributed by atoms with Crippen molar-refractivity contribution in [2.24, 2.45) is 11.8 Å². The van der Waals surface area contributed by atoms with E-state index < -0.39 is 0 Å². The maximum Gasteiger partial charge on any atom is -0.0386 e. The Labute approximate surface area is 130 Å². The van der Waals surface area contributed by atoms with Crippen molar-refractivity contribution in [1.82, 2.24) is 0 Å². The Morgan fingerprint density at radius 3 is 1.15 bits per heavy atom. The molecule has 2 atom stereocenters. The number of hydrogen-bond donors (Lipinski definition) is 0. The number of hydrogen-bond acceptors (Lipinski definition) is 0. The molecular formula is C20H40. The summed E-state index contributed by atoms with van der Waals surface area (Å²) in [6.07, 6.45) is 19.3. The van der Waals surface area contributed by atoms with Crippen LogP contribution in [-0.4, -0.2) is 0 Å². The Hall–Kier alpha value is 0. The van der Waals surface area contributed by atoms with Crippen molar-refractivity contribution in [2.45, 2.75) is 104 Å². The molecule has 0 spiro atoms. The fraction of sp³-hybridized carbons (Fsp3) is 0.900. The number of rotatable bonds is 15. The topological polar surface area (TPSA) is 0 Å². The van der Waals surface area contributed by atoms with Crippen molar-refractivity contribution < 1.29 is 0 Å². The third kappa shape index (κ3) is 13.0. The van der Waals surface area contributed by atoms with Crippen molar-refractivity contribution >= 4 is 0 Å². The van der Waals surface area contributed by atoms with Gasteiger partial charge in [0.15, 0.2) is 0 Å². The van der Waals surface area contributed by atoms with E-state index in [9.17, 15) is 0 Å². The highest BCUT2D eigenvalue weighted by Crippen LogP contribution is 2.23. The summed E-state index contributed by atoms with van der Waals surface area (Å²) in [5.74, 6) is 1.16. The van der Waals surface area contributed by atoms with Crippen LogP contribution in [0.5, 0.6) is 0 Å². The summed E-state index contributed by atoms with van der Waals surface area (Å²) in [5.41, 5.74) is 0. The van der Waals surface area contributed by atoms with E-state index in [0.29, 0.717) is 11.8 Å². The van der Waals surface area contributed by atoms with Gasteiger partial charge in [-0.1, -0.05) is 104 Å². The van der Waals surface area contributed by atoms with Gasteiger partial charge in [-0.3, -0.25) is 0 Å². The van der Waals surface area contributed by atoms with Gasteiger partial charge in [0.25, 0.3) is 0 Å². The van der Waals surface area contributed by atoms with Crippen molar-refractivity contribution in [2.75, 3.05) is 0 Å². The normalized spacial score (nSPS) is 14.4. The molecule has 0 aromatic rings. The van der Waals surface area contributed by atoms with E-state index in [0.717, 1.165) is 0 Å². The largest absolute Gasteiger partial charge is 0.0654 e. The Morgan fingerprint density at radius 1 is 0.500 bits per heavy atom. The lowest BCUT2D eigenvalue weighted by molar-refractivity contribution is 0.381. The molecular weight excluding hydrogens is 240 g/mol. The summed E-state index contributed by atoms with van der Waals surface area (Å²) in [5, 5.41) is 0. The zero-order valence-electron chi connectivity index (χ0n) is 14.5. The van der Waals surface area contributed by atoms with E-state index >= 15 is 0 Å². The summed E-state index contributed by atoms with van der Waals surface area (Å²) in [6, 6.07) is 0. The summed E-state index contributed by atoms with van der Waals surface area (Å²) in [6.45, 7) is 13.2. The highest BCUT2D eigenvalue weighted by molar-refractivity contribution is 4.74. The molecule has 0 saturated heterocycles. The van der Waals surface area contributed by atoms with Gasteiger partial charge in [0.1, 0.15) is 0 Å². The SMILES string of the molecule is [CH2]C(CCCCCCCC)C([CH2])CCCCCCCC. The van der Waals surface area contributed by atoms with E-state index in [1.807, 2.05) is 0 Å². The predicted molar refractivity (Wildman–Crippen MR) is 93.7 cm³/mol. The first-order valence-electron chi connectivity index (χ1n) is 9.38. The standard InChI is InChI=1S/C20H40/c1-5-7-9-11-13-15-17-19(3)20(4)18-16-14-12-10-8-6-2/h19-20H,3-18H2,1-2H3. The monoisotopic (exact) mass is 280 g/mol. The molecule has 0 N–H and O–H groups in total. The van der Waals surface area contributed by atoms with Crippen LogP contribution in [0.25, 0.3) is 0 Å². The van der Waals surface area contributed by atoms with E-state index in [2.05, 4.69) is 27.7 Å². The van der Waals surface area contributed by atoms with Crippen molar-refractivity contribution in [3.05, 3.63) is 13.8 Å². The Balaban J connectivity index is 3.35. The highest BCUT2D eigenvalue weighted by atomic mass is 14.2. The zero-order chi connectivity index (χ0) is 15.1. The molecule has 0 aliphatic carbocycles. The molecule has 0 heterocycles. The van der Waals surface area contributed by atoms with E-state index in [1.54, 1.807) is 0 Å². The molecule has 0 saturated carbocycles. The maximum absolute atomic E-state index is 4.34. The quantitative estimate of drug-likeness (QED) is 0.274. The molecule has 0 bridgehead atoms. The molecule has 2 unspecified atom stereocenters. The van der Waals surface area contributed by atoms with Gasteiger partial charge in [-0.25, -0.2) is 0 Å². The van der Waals surface area contributed by atoms with E-state index in [1.165, 1.54) is 89.9 Å². The van der Waals surface area contributed by atoms with Crippen LogP contribution in [0.15, 0.2) is 0 Å². The lowest BCUT2D eigenvalue weighted by Crippen LogP contribution is -2.08. The second kappa shape index (κ2) is 15.4. The number of unbranched alkanes of at least 4 members (excludes halogenated alkanes) is 10. The molecule has 0 nitrogen and oxygen atoms in total. The van der Waals surface area contributed by atoms with Crippen LogP contribution in [0.1, 0.15) is 104 Å². The molecule has 2 radical (unpaired) electrons. The van der Waals surface area contributed by atoms with Gasteiger partial charge in [0.05, 0.1) is 0 Å². The maximum atomic E-state index is 4.34. The molecule has 20 heavy (non-hydrogen) atoms. The van der Waals surface area contributed by atoms with Crippen molar-refractivity contribution in [3.63, 3.8) is 0 Å². The summed E-state index contributed by atoms with van der Waals surface area (Å²) in [7, 11) is 0. The van der Waals surface area contributed by atoms with Crippen LogP contribution < -0.4 is 0 Å². The van der Waals surface area contributed by atoms with Gasteiger partial charge >= 0.3 is 0 Å². The van der Waals surface area contributed by atoms with Crippen LogP contribution >= 0.6 is 0 Å². The molecule has 0 heteroatoms. The zero-order valence-corrected chi connectivity index (χ0v) is 14.5. The van der Waals surface area contributed by atoms with Gasteiger partial charge < -0.3 is 0 Å². The first kappa shape index (κ1) is 20.0. The molecule has 0 aromatic carbocycles. The molecule has 0 aliphatic rings. The van der Waals surface area contributed by atoms with E-state index in [4.69, 9.17) is 0 Å². The lowest BCUT2D eigenvalue weighted by Gasteiger charge is -2.19. The van der Waals surface area contributed by atoms with Crippen LogP contribution in [-0.2, 0) is 0 Å². The minimum absolute atomic E-state index is 0.580. The van der Waals surface area contributed by atoms with Gasteiger partial charge in [-0.05, 0) is 25.7 Å². The predicted octanol–water partition coefficient (Wildman–Crippen LogP) is 7.39. The summed E-state index contributed by atoms with van der Waals surface area (Å²) < 4.78 is 0. The average Bonchev–Trinajstić information content (AvgIpc) is 2.45. The van der Waals surface area contributed by atoms with Gasteiger partial charge in [0.2, 0.25) is 0 Å². The second-order valence-corrected chi connectivity index (χ2v) is 6.63. The Bertz CT molecular complexity index is 153. The molecule has 0 rings (SSSR count). The van der Waals surface area contributed by atoms with Gasteiger partial charge in [-0.2, -0.15) is 0 Å². The minimum Gasteiger partial charge on any atom is -0.0654 e.